The number of hydrogen-bond acceptors (Lipinski definition) is 3. The summed E-state index contributed by atoms with van der Waals surface area (Å²) in [7, 11) is 1.61. The van der Waals surface area contributed by atoms with E-state index in [0.717, 1.165) is 18.1 Å². The number of aliphatic imine (C=N–C) groups is 1. The molecule has 0 atom stereocenters. The second-order valence-electron chi connectivity index (χ2n) is 5.09. The standard InChI is InChI=1S/C17H23N3O2/c1-4-10-22-16-11-13(6-9-15(16)21-3)12-19-17(18-5-2)20-14-7-8-14/h1,6,9,11,14H,5,7-8,10,12H2,2-3H3,(H2,18,19,20). The van der Waals surface area contributed by atoms with Crippen molar-refractivity contribution in [3.63, 3.8) is 0 Å². The summed E-state index contributed by atoms with van der Waals surface area (Å²) in [4.78, 5) is 4.60. The van der Waals surface area contributed by atoms with Gasteiger partial charge in [0.15, 0.2) is 17.5 Å². The zero-order valence-corrected chi connectivity index (χ0v) is 13.2. The van der Waals surface area contributed by atoms with Crippen molar-refractivity contribution < 1.29 is 9.47 Å². The van der Waals surface area contributed by atoms with E-state index in [2.05, 4.69) is 28.5 Å². The van der Waals surface area contributed by atoms with Gasteiger partial charge in [-0.15, -0.1) is 6.42 Å². The number of terminal acetylenes is 1. The Kier molecular flexibility index (Phi) is 5.96. The van der Waals surface area contributed by atoms with Crippen LogP contribution < -0.4 is 20.1 Å². The fraction of sp³-hybridized carbons (Fsp3) is 0.471. The van der Waals surface area contributed by atoms with Crippen LogP contribution in [0, 0.1) is 12.3 Å². The Bertz CT molecular complexity index is 560. The highest BCUT2D eigenvalue weighted by atomic mass is 16.5. The molecule has 0 spiro atoms. The molecule has 0 bridgehead atoms. The Labute approximate surface area is 132 Å². The van der Waals surface area contributed by atoms with Crippen LogP contribution in [0.15, 0.2) is 23.2 Å². The largest absolute Gasteiger partial charge is 0.493 e. The maximum absolute atomic E-state index is 5.51. The van der Waals surface area contributed by atoms with Gasteiger partial charge >= 0.3 is 0 Å². The molecule has 1 fully saturated rings. The highest BCUT2D eigenvalue weighted by Gasteiger charge is 2.22. The van der Waals surface area contributed by atoms with Gasteiger partial charge in [-0.3, -0.25) is 0 Å². The van der Waals surface area contributed by atoms with Crippen molar-refractivity contribution in [1.82, 2.24) is 10.6 Å². The van der Waals surface area contributed by atoms with Gasteiger partial charge in [0.1, 0.15) is 6.61 Å². The Balaban J connectivity index is 2.05. The van der Waals surface area contributed by atoms with E-state index in [1.54, 1.807) is 7.11 Å². The molecule has 0 amide bonds. The SMILES string of the molecule is C#CCOc1cc(CN=C(NCC)NC2CC2)ccc1OC. The molecule has 2 rings (SSSR count). The molecule has 1 aromatic rings. The van der Waals surface area contributed by atoms with Crippen LogP contribution >= 0.6 is 0 Å². The van der Waals surface area contributed by atoms with Gasteiger partial charge in [0.25, 0.3) is 0 Å². The van der Waals surface area contributed by atoms with Crippen LogP contribution in [-0.4, -0.2) is 32.3 Å². The molecule has 1 aliphatic carbocycles. The van der Waals surface area contributed by atoms with Crippen LogP contribution in [-0.2, 0) is 6.54 Å². The number of guanidine groups is 1. The molecule has 0 unspecified atom stereocenters. The lowest BCUT2D eigenvalue weighted by atomic mass is 10.2. The molecule has 1 aliphatic rings. The maximum atomic E-state index is 5.51. The highest BCUT2D eigenvalue weighted by Crippen LogP contribution is 2.28. The monoisotopic (exact) mass is 301 g/mol. The minimum absolute atomic E-state index is 0.217. The zero-order valence-electron chi connectivity index (χ0n) is 13.2. The van der Waals surface area contributed by atoms with Crippen LogP contribution in [0.2, 0.25) is 0 Å². The van der Waals surface area contributed by atoms with Crippen molar-refractivity contribution in [1.29, 1.82) is 0 Å². The summed E-state index contributed by atoms with van der Waals surface area (Å²) in [5, 5.41) is 6.64. The van der Waals surface area contributed by atoms with E-state index in [1.807, 2.05) is 18.2 Å². The third-order valence-electron chi connectivity index (χ3n) is 3.22. The second-order valence-corrected chi connectivity index (χ2v) is 5.09. The number of hydrogen-bond donors (Lipinski definition) is 2. The van der Waals surface area contributed by atoms with E-state index in [0.29, 0.717) is 24.1 Å². The highest BCUT2D eigenvalue weighted by molar-refractivity contribution is 5.80. The molecule has 0 saturated heterocycles. The normalized spacial score (nSPS) is 14.1. The van der Waals surface area contributed by atoms with Crippen LogP contribution in [0.3, 0.4) is 0 Å². The lowest BCUT2D eigenvalue weighted by Crippen LogP contribution is -2.38. The van der Waals surface area contributed by atoms with Gasteiger partial charge in [0, 0.05) is 12.6 Å². The topological polar surface area (TPSA) is 54.9 Å². The van der Waals surface area contributed by atoms with Crippen molar-refractivity contribution in [2.75, 3.05) is 20.3 Å². The molecule has 0 aromatic heterocycles. The lowest BCUT2D eigenvalue weighted by Gasteiger charge is -2.12. The first-order valence-corrected chi connectivity index (χ1v) is 7.54. The molecule has 118 valence electrons. The fourth-order valence-corrected chi connectivity index (χ4v) is 1.96. The average molecular weight is 301 g/mol. The van der Waals surface area contributed by atoms with Crippen molar-refractivity contribution >= 4 is 5.96 Å². The van der Waals surface area contributed by atoms with Gasteiger partial charge < -0.3 is 20.1 Å². The second kappa shape index (κ2) is 8.18. The van der Waals surface area contributed by atoms with Crippen LogP contribution in [0.1, 0.15) is 25.3 Å². The third kappa shape index (κ3) is 4.88. The Hall–Kier alpha value is -2.35. The molecule has 0 aliphatic heterocycles. The molecule has 0 heterocycles. The van der Waals surface area contributed by atoms with E-state index < -0.39 is 0 Å². The summed E-state index contributed by atoms with van der Waals surface area (Å²) in [5.41, 5.74) is 1.04. The van der Waals surface area contributed by atoms with E-state index in [9.17, 15) is 0 Å². The van der Waals surface area contributed by atoms with Crippen LogP contribution in [0.5, 0.6) is 11.5 Å². The first-order valence-electron chi connectivity index (χ1n) is 7.54. The number of nitrogens with zero attached hydrogens (tertiary/aromatic N) is 1. The van der Waals surface area contributed by atoms with Gasteiger partial charge in [0.2, 0.25) is 0 Å². The minimum atomic E-state index is 0.217. The van der Waals surface area contributed by atoms with Crippen molar-refractivity contribution in [3.8, 4) is 23.8 Å². The smallest absolute Gasteiger partial charge is 0.191 e. The first-order chi connectivity index (χ1) is 10.8. The summed E-state index contributed by atoms with van der Waals surface area (Å²) in [5.74, 6) is 4.63. The summed E-state index contributed by atoms with van der Waals surface area (Å²) in [6.07, 6.45) is 7.67. The van der Waals surface area contributed by atoms with Crippen LogP contribution in [0.4, 0.5) is 0 Å². The van der Waals surface area contributed by atoms with Gasteiger partial charge in [-0.25, -0.2) is 4.99 Å². The molecular weight excluding hydrogens is 278 g/mol. The molecule has 5 heteroatoms. The van der Waals surface area contributed by atoms with Crippen molar-refractivity contribution in [2.24, 2.45) is 4.99 Å². The lowest BCUT2D eigenvalue weighted by molar-refractivity contribution is 0.330. The molecule has 1 saturated carbocycles. The van der Waals surface area contributed by atoms with E-state index in [1.165, 1.54) is 12.8 Å². The molecule has 0 radical (unpaired) electrons. The van der Waals surface area contributed by atoms with Gasteiger partial charge in [-0.1, -0.05) is 12.0 Å². The number of rotatable bonds is 7. The molecular formula is C17H23N3O2. The van der Waals surface area contributed by atoms with Crippen molar-refractivity contribution in [2.45, 2.75) is 32.4 Å². The maximum Gasteiger partial charge on any atom is 0.191 e. The van der Waals surface area contributed by atoms with Crippen LogP contribution in [0.25, 0.3) is 0 Å². The number of ether oxygens (including phenoxy) is 2. The summed E-state index contributed by atoms with van der Waals surface area (Å²) in [6.45, 7) is 3.69. The number of methoxy groups -OCH3 is 1. The predicted molar refractivity (Wildman–Crippen MR) is 88.3 cm³/mol. The molecule has 5 nitrogen and oxygen atoms in total. The average Bonchev–Trinajstić information content (AvgIpc) is 3.35. The van der Waals surface area contributed by atoms with Gasteiger partial charge in [0.05, 0.1) is 13.7 Å². The minimum Gasteiger partial charge on any atom is -0.493 e. The van der Waals surface area contributed by atoms with Crippen molar-refractivity contribution in [3.05, 3.63) is 23.8 Å². The first kappa shape index (κ1) is 16.0. The predicted octanol–water partition coefficient (Wildman–Crippen LogP) is 1.92. The summed E-state index contributed by atoms with van der Waals surface area (Å²) in [6, 6.07) is 6.34. The zero-order chi connectivity index (χ0) is 15.8. The van der Waals surface area contributed by atoms with E-state index >= 15 is 0 Å². The molecule has 2 N–H and O–H groups in total. The number of nitrogens with one attached hydrogen (secondary N) is 2. The van der Waals surface area contributed by atoms with E-state index in [-0.39, 0.29) is 6.61 Å². The Morgan fingerprint density at radius 1 is 1.41 bits per heavy atom. The van der Waals surface area contributed by atoms with Gasteiger partial charge in [-0.05, 0) is 37.5 Å². The molecule has 22 heavy (non-hydrogen) atoms. The quantitative estimate of drug-likeness (QED) is 0.459. The molecule has 1 aromatic carbocycles. The fourth-order valence-electron chi connectivity index (χ4n) is 1.96. The number of benzene rings is 1. The Morgan fingerprint density at radius 3 is 2.86 bits per heavy atom. The summed E-state index contributed by atoms with van der Waals surface area (Å²) >= 11 is 0. The van der Waals surface area contributed by atoms with Gasteiger partial charge in [-0.2, -0.15) is 0 Å². The Morgan fingerprint density at radius 2 is 2.23 bits per heavy atom. The third-order valence-corrected chi connectivity index (χ3v) is 3.22. The van der Waals surface area contributed by atoms with E-state index in [4.69, 9.17) is 15.9 Å². The summed E-state index contributed by atoms with van der Waals surface area (Å²) < 4.78 is 10.8.